The van der Waals surface area contributed by atoms with Gasteiger partial charge in [0, 0.05) is 17.5 Å². The zero-order valence-electron chi connectivity index (χ0n) is 14.7. The van der Waals surface area contributed by atoms with Crippen LogP contribution >= 0.6 is 0 Å². The minimum absolute atomic E-state index is 0.0604. The maximum Gasteiger partial charge on any atom is 0.216 e. The lowest BCUT2D eigenvalue weighted by Gasteiger charge is -2.60. The fourth-order valence-electron chi connectivity index (χ4n) is 6.12. The van der Waals surface area contributed by atoms with Crippen LogP contribution in [0.3, 0.4) is 0 Å². The van der Waals surface area contributed by atoms with E-state index in [1.165, 1.54) is 19.9 Å². The lowest BCUT2D eigenvalue weighted by Crippen LogP contribution is -2.79. The number of phenols is 1. The molecule has 1 saturated heterocycles. The van der Waals surface area contributed by atoms with Gasteiger partial charge >= 0.3 is 0 Å². The molecule has 26 heavy (non-hydrogen) atoms. The highest BCUT2D eigenvalue weighted by molar-refractivity contribution is 6.03. The Balaban J connectivity index is 1.96. The van der Waals surface area contributed by atoms with E-state index in [-0.39, 0.29) is 23.5 Å². The van der Waals surface area contributed by atoms with E-state index >= 15 is 0 Å². The van der Waals surface area contributed by atoms with Gasteiger partial charge in [0.25, 0.3) is 0 Å². The molecule has 5 rings (SSSR count). The van der Waals surface area contributed by atoms with Gasteiger partial charge in [0.05, 0.1) is 5.41 Å². The molecular formula is C20H21NO5. The normalized spacial score (nSPS) is 41.3. The third-order valence-corrected chi connectivity index (χ3v) is 7.03. The van der Waals surface area contributed by atoms with Gasteiger partial charge in [-0.2, -0.15) is 0 Å². The van der Waals surface area contributed by atoms with Crippen LogP contribution in [0.5, 0.6) is 11.5 Å². The molecule has 1 aromatic carbocycles. The number of piperidine rings is 1. The Morgan fingerprint density at radius 1 is 1.27 bits per heavy atom. The number of hydrogen-bond acceptors (Lipinski definition) is 6. The highest BCUT2D eigenvalue weighted by Gasteiger charge is 2.79. The van der Waals surface area contributed by atoms with Gasteiger partial charge in [-0.15, -0.1) is 0 Å². The first-order valence-corrected chi connectivity index (χ1v) is 9.01. The van der Waals surface area contributed by atoms with Gasteiger partial charge in [-0.05, 0) is 50.9 Å². The van der Waals surface area contributed by atoms with Gasteiger partial charge in [-0.3, -0.25) is 9.59 Å². The predicted molar refractivity (Wildman–Crippen MR) is 92.2 cm³/mol. The Labute approximate surface area is 150 Å². The summed E-state index contributed by atoms with van der Waals surface area (Å²) in [4.78, 5) is 25.7. The Hall–Kier alpha value is -2.18. The maximum absolute atomic E-state index is 13.1. The lowest BCUT2D eigenvalue weighted by molar-refractivity contribution is -0.184. The van der Waals surface area contributed by atoms with Crippen LogP contribution in [-0.4, -0.2) is 45.6 Å². The van der Waals surface area contributed by atoms with E-state index in [9.17, 15) is 19.8 Å². The Bertz CT molecular complexity index is 908. The summed E-state index contributed by atoms with van der Waals surface area (Å²) in [6.07, 6.45) is 4.59. The third kappa shape index (κ3) is 1.38. The molecule has 3 N–H and O–H groups in total. The predicted octanol–water partition coefficient (Wildman–Crippen LogP) is 0.774. The van der Waals surface area contributed by atoms with Crippen molar-refractivity contribution >= 4 is 11.6 Å². The summed E-state index contributed by atoms with van der Waals surface area (Å²) in [5, 5.41) is 25.4. The highest BCUT2D eigenvalue weighted by Crippen LogP contribution is 2.67. The molecule has 2 aliphatic carbocycles. The maximum atomic E-state index is 13.1. The summed E-state index contributed by atoms with van der Waals surface area (Å²) in [6.45, 7) is 3.30. The second kappa shape index (κ2) is 4.56. The van der Waals surface area contributed by atoms with E-state index in [1.807, 2.05) is 12.1 Å². The SMILES string of the molecule is CC(=O)[C@@]12Oc3c(O)ccc4c3[C@@]13CCN[C@H](C4)[C@@H]3C=C[C@@]2(O)C(C)=O. The average molecular weight is 355 g/mol. The number of benzene rings is 1. The fourth-order valence-corrected chi connectivity index (χ4v) is 6.12. The molecule has 6 heteroatoms. The van der Waals surface area contributed by atoms with Crippen molar-refractivity contribution < 1.29 is 24.5 Å². The second-order valence-corrected chi connectivity index (χ2v) is 7.98. The summed E-state index contributed by atoms with van der Waals surface area (Å²) in [5.41, 5.74) is -2.92. The summed E-state index contributed by atoms with van der Waals surface area (Å²) < 4.78 is 6.19. The molecule has 1 fully saturated rings. The summed E-state index contributed by atoms with van der Waals surface area (Å²) >= 11 is 0. The number of nitrogens with one attached hydrogen (secondary N) is 1. The topological polar surface area (TPSA) is 95.9 Å². The van der Waals surface area contributed by atoms with E-state index < -0.39 is 28.2 Å². The molecule has 6 nitrogen and oxygen atoms in total. The number of hydrogen-bond donors (Lipinski definition) is 3. The quantitative estimate of drug-likeness (QED) is 0.679. The van der Waals surface area contributed by atoms with Gasteiger partial charge in [0.2, 0.25) is 5.60 Å². The molecule has 2 aliphatic heterocycles. The number of aromatic hydroxyl groups is 1. The van der Waals surface area contributed by atoms with E-state index in [1.54, 1.807) is 6.07 Å². The molecule has 0 amide bonds. The molecule has 0 saturated carbocycles. The molecule has 0 radical (unpaired) electrons. The van der Waals surface area contributed by atoms with Gasteiger partial charge in [0.1, 0.15) is 0 Å². The number of carbonyl (C=O) groups is 2. The van der Waals surface area contributed by atoms with Crippen molar-refractivity contribution in [2.24, 2.45) is 5.92 Å². The second-order valence-electron chi connectivity index (χ2n) is 7.98. The van der Waals surface area contributed by atoms with Crippen molar-refractivity contribution in [2.45, 2.75) is 49.3 Å². The van der Waals surface area contributed by atoms with Crippen LogP contribution in [0.4, 0.5) is 0 Å². The van der Waals surface area contributed by atoms with Crippen molar-refractivity contribution in [2.75, 3.05) is 6.54 Å². The molecule has 1 aromatic rings. The van der Waals surface area contributed by atoms with Gasteiger partial charge in [-0.1, -0.05) is 12.1 Å². The molecule has 2 bridgehead atoms. The molecule has 1 spiro atoms. The largest absolute Gasteiger partial charge is 0.504 e. The van der Waals surface area contributed by atoms with Crippen molar-refractivity contribution in [1.29, 1.82) is 0 Å². The van der Waals surface area contributed by atoms with E-state index in [2.05, 4.69) is 5.32 Å². The molecule has 2 heterocycles. The Kier molecular flexibility index (Phi) is 2.81. The minimum atomic E-state index is -2.07. The van der Waals surface area contributed by atoms with E-state index in [4.69, 9.17) is 4.74 Å². The molecule has 5 atom stereocenters. The van der Waals surface area contributed by atoms with Gasteiger partial charge in [-0.25, -0.2) is 0 Å². The molecule has 0 aromatic heterocycles. The molecule has 136 valence electrons. The van der Waals surface area contributed by atoms with Crippen LogP contribution in [0.2, 0.25) is 0 Å². The van der Waals surface area contributed by atoms with Crippen LogP contribution in [0.15, 0.2) is 24.3 Å². The first-order valence-electron chi connectivity index (χ1n) is 9.01. The summed E-state index contributed by atoms with van der Waals surface area (Å²) in [6, 6.07) is 3.50. The zero-order chi connectivity index (χ0) is 18.5. The number of aliphatic hydroxyl groups is 1. The van der Waals surface area contributed by atoms with Crippen LogP contribution in [0.25, 0.3) is 0 Å². The van der Waals surface area contributed by atoms with E-state index in [0.29, 0.717) is 13.0 Å². The van der Waals surface area contributed by atoms with Gasteiger partial charge < -0.3 is 20.3 Å². The van der Waals surface area contributed by atoms with Gasteiger partial charge in [0.15, 0.2) is 28.7 Å². The minimum Gasteiger partial charge on any atom is -0.504 e. The number of carbonyl (C=O) groups excluding carboxylic acids is 2. The first kappa shape index (κ1) is 16.0. The number of ether oxygens (including phenoxy) is 1. The molecule has 0 unspecified atom stereocenters. The van der Waals surface area contributed by atoms with Crippen LogP contribution in [0, 0.1) is 5.92 Å². The Morgan fingerprint density at radius 2 is 2.04 bits per heavy atom. The van der Waals surface area contributed by atoms with Crippen molar-refractivity contribution in [3.8, 4) is 11.5 Å². The number of phenolic OH excluding ortho intramolecular Hbond substituents is 1. The molecular weight excluding hydrogens is 334 g/mol. The summed E-state index contributed by atoms with van der Waals surface area (Å²) in [7, 11) is 0. The number of ketones is 2. The Morgan fingerprint density at radius 3 is 2.73 bits per heavy atom. The number of Topliss-reactive ketones (excluding diaryl/α,β-unsaturated/α-hetero) is 2. The standard InChI is InChI=1S/C20H21NO5/c1-10(22)19(25)6-5-13-14-9-12-3-4-15(24)17-16(12)18(13,7-8-21-14)20(19,26-17)11(2)23/h3-6,13-14,21,24-25H,7-9H2,1-2H3/t13-,14+,18-,19+,20+/m0/s1. The van der Waals surface area contributed by atoms with Crippen molar-refractivity contribution in [3.63, 3.8) is 0 Å². The highest BCUT2D eigenvalue weighted by atomic mass is 16.5. The molecule has 4 aliphatic rings. The monoisotopic (exact) mass is 355 g/mol. The average Bonchev–Trinajstić information content (AvgIpc) is 2.90. The fraction of sp³-hybridized carbons (Fsp3) is 0.500. The zero-order valence-corrected chi connectivity index (χ0v) is 14.7. The van der Waals surface area contributed by atoms with Crippen LogP contribution < -0.4 is 10.1 Å². The van der Waals surface area contributed by atoms with Crippen LogP contribution in [-0.2, 0) is 21.4 Å². The van der Waals surface area contributed by atoms with Crippen LogP contribution in [0.1, 0.15) is 31.4 Å². The van der Waals surface area contributed by atoms with Crippen molar-refractivity contribution in [1.82, 2.24) is 5.32 Å². The lowest BCUT2D eigenvalue weighted by atomic mass is 9.45. The van der Waals surface area contributed by atoms with Crippen molar-refractivity contribution in [3.05, 3.63) is 35.4 Å². The summed E-state index contributed by atoms with van der Waals surface area (Å²) in [5.74, 6) is -0.850. The van der Waals surface area contributed by atoms with E-state index in [0.717, 1.165) is 17.5 Å². The number of rotatable bonds is 2. The third-order valence-electron chi connectivity index (χ3n) is 7.03. The first-order chi connectivity index (χ1) is 12.3. The smallest absolute Gasteiger partial charge is 0.216 e.